The monoisotopic (exact) mass is 175 g/mol. The fraction of sp³-hybridized carbons (Fsp3) is 0.182. The van der Waals surface area contributed by atoms with Crippen molar-refractivity contribution in [2.75, 3.05) is 6.61 Å². The summed E-state index contributed by atoms with van der Waals surface area (Å²) >= 11 is 0. The molecule has 1 aromatic rings. The Bertz CT molecular complexity index is 303. The fourth-order valence-electron chi connectivity index (χ4n) is 1.03. The SMILES string of the molecule is Cc1ccccc1/C=C/CO[C]=O. The van der Waals surface area contributed by atoms with Gasteiger partial charge in [0.25, 0.3) is 0 Å². The summed E-state index contributed by atoms with van der Waals surface area (Å²) in [6, 6.07) is 8.00. The van der Waals surface area contributed by atoms with Crippen molar-refractivity contribution in [3.05, 3.63) is 41.5 Å². The van der Waals surface area contributed by atoms with E-state index in [1.54, 1.807) is 6.08 Å². The van der Waals surface area contributed by atoms with Crippen LogP contribution in [0.25, 0.3) is 6.08 Å². The molecule has 0 aliphatic heterocycles. The van der Waals surface area contributed by atoms with Crippen molar-refractivity contribution in [3.63, 3.8) is 0 Å². The molecule has 0 aliphatic carbocycles. The van der Waals surface area contributed by atoms with E-state index in [4.69, 9.17) is 0 Å². The van der Waals surface area contributed by atoms with Crippen LogP contribution in [0.1, 0.15) is 11.1 Å². The molecule has 1 rings (SSSR count). The van der Waals surface area contributed by atoms with Crippen molar-refractivity contribution in [1.82, 2.24) is 0 Å². The molecule has 2 heteroatoms. The lowest BCUT2D eigenvalue weighted by Gasteiger charge is -1.97. The minimum atomic E-state index is 0.276. The van der Waals surface area contributed by atoms with Crippen molar-refractivity contribution < 1.29 is 9.53 Å². The van der Waals surface area contributed by atoms with Crippen molar-refractivity contribution in [1.29, 1.82) is 0 Å². The number of hydrogen-bond acceptors (Lipinski definition) is 2. The lowest BCUT2D eigenvalue weighted by atomic mass is 10.1. The molecule has 0 aliphatic rings. The second-order valence-electron chi connectivity index (χ2n) is 2.65. The first-order valence-electron chi connectivity index (χ1n) is 4.05. The summed E-state index contributed by atoms with van der Waals surface area (Å²) in [6.45, 7) is 3.68. The van der Waals surface area contributed by atoms with Gasteiger partial charge in [-0.25, -0.2) is 4.79 Å². The molecule has 0 saturated carbocycles. The predicted molar refractivity (Wildman–Crippen MR) is 51.9 cm³/mol. The molecule has 0 heterocycles. The summed E-state index contributed by atoms with van der Waals surface area (Å²) in [5.74, 6) is 0. The highest BCUT2D eigenvalue weighted by atomic mass is 16.5. The minimum absolute atomic E-state index is 0.276. The molecule has 0 bridgehead atoms. The van der Waals surface area contributed by atoms with Crippen LogP contribution in [0.4, 0.5) is 0 Å². The van der Waals surface area contributed by atoms with Gasteiger partial charge in [-0.2, -0.15) is 0 Å². The lowest BCUT2D eigenvalue weighted by molar-refractivity contribution is 0.314. The van der Waals surface area contributed by atoms with Gasteiger partial charge in [0, 0.05) is 0 Å². The summed E-state index contributed by atoms with van der Waals surface area (Å²) in [4.78, 5) is 9.70. The zero-order valence-electron chi connectivity index (χ0n) is 7.49. The van der Waals surface area contributed by atoms with Crippen molar-refractivity contribution >= 4 is 12.5 Å². The fourth-order valence-corrected chi connectivity index (χ4v) is 1.03. The summed E-state index contributed by atoms with van der Waals surface area (Å²) in [5.41, 5.74) is 2.34. The van der Waals surface area contributed by atoms with Crippen LogP contribution >= 0.6 is 0 Å². The van der Waals surface area contributed by atoms with E-state index in [-0.39, 0.29) is 6.61 Å². The maximum atomic E-state index is 9.70. The highest BCUT2D eigenvalue weighted by molar-refractivity contribution is 5.53. The Kier molecular flexibility index (Phi) is 3.76. The van der Waals surface area contributed by atoms with Crippen molar-refractivity contribution in [2.45, 2.75) is 6.92 Å². The van der Waals surface area contributed by atoms with Gasteiger partial charge in [0.15, 0.2) is 0 Å². The summed E-state index contributed by atoms with van der Waals surface area (Å²) < 4.78 is 4.40. The number of aryl methyl sites for hydroxylation is 1. The van der Waals surface area contributed by atoms with Crippen LogP contribution < -0.4 is 0 Å². The van der Waals surface area contributed by atoms with Gasteiger partial charge >= 0.3 is 6.47 Å². The molecule has 0 N–H and O–H groups in total. The normalized spacial score (nSPS) is 10.2. The van der Waals surface area contributed by atoms with E-state index in [9.17, 15) is 4.79 Å². The maximum Gasteiger partial charge on any atom is 0.417 e. The second-order valence-corrected chi connectivity index (χ2v) is 2.65. The van der Waals surface area contributed by atoms with E-state index < -0.39 is 0 Å². The van der Waals surface area contributed by atoms with E-state index in [1.807, 2.05) is 37.3 Å². The van der Waals surface area contributed by atoms with E-state index in [0.717, 1.165) is 5.56 Å². The average Bonchev–Trinajstić information content (AvgIpc) is 2.15. The van der Waals surface area contributed by atoms with Gasteiger partial charge < -0.3 is 4.74 Å². The Morgan fingerprint density at radius 2 is 2.23 bits per heavy atom. The van der Waals surface area contributed by atoms with E-state index in [2.05, 4.69) is 4.74 Å². The van der Waals surface area contributed by atoms with E-state index >= 15 is 0 Å². The smallest absolute Gasteiger partial charge is 0.417 e. The third-order valence-electron chi connectivity index (χ3n) is 1.72. The Hall–Kier alpha value is -1.57. The van der Waals surface area contributed by atoms with Gasteiger partial charge in [0.1, 0.15) is 6.61 Å². The molecule has 0 atom stereocenters. The zero-order valence-corrected chi connectivity index (χ0v) is 7.49. The van der Waals surface area contributed by atoms with Crippen LogP contribution in [0.2, 0.25) is 0 Å². The summed E-state index contributed by atoms with van der Waals surface area (Å²) in [5, 5.41) is 0. The van der Waals surface area contributed by atoms with Gasteiger partial charge in [-0.3, -0.25) is 0 Å². The molecular weight excluding hydrogens is 164 g/mol. The van der Waals surface area contributed by atoms with Crippen molar-refractivity contribution in [3.8, 4) is 0 Å². The highest BCUT2D eigenvalue weighted by Gasteiger charge is 1.89. The standard InChI is InChI=1S/C11H11O2/c1-10-5-2-3-6-11(10)7-4-8-13-9-12/h2-7H,8H2,1H3/b7-4+. The Balaban J connectivity index is 2.58. The minimum Gasteiger partial charge on any atom is -0.453 e. The third-order valence-corrected chi connectivity index (χ3v) is 1.72. The number of hydrogen-bond donors (Lipinski definition) is 0. The molecule has 0 spiro atoms. The molecule has 2 nitrogen and oxygen atoms in total. The van der Waals surface area contributed by atoms with Crippen LogP contribution in [0.15, 0.2) is 30.3 Å². The highest BCUT2D eigenvalue weighted by Crippen LogP contribution is 2.08. The number of ether oxygens (including phenoxy) is 1. The number of carbonyl (C=O) groups excluding carboxylic acids is 1. The molecular formula is C11H11O2. The number of benzene rings is 1. The first kappa shape index (κ1) is 9.52. The Labute approximate surface area is 77.8 Å². The number of rotatable bonds is 4. The first-order valence-corrected chi connectivity index (χ1v) is 4.05. The third kappa shape index (κ3) is 3.11. The molecule has 1 radical (unpaired) electrons. The maximum absolute atomic E-state index is 9.70. The van der Waals surface area contributed by atoms with Crippen molar-refractivity contribution in [2.24, 2.45) is 0 Å². The first-order chi connectivity index (χ1) is 6.34. The lowest BCUT2D eigenvalue weighted by Crippen LogP contribution is -1.86. The molecule has 0 saturated heterocycles. The molecule has 0 amide bonds. The van der Waals surface area contributed by atoms with Crippen LogP contribution in [0.5, 0.6) is 0 Å². The predicted octanol–water partition coefficient (Wildman–Crippen LogP) is 2.09. The molecule has 0 fully saturated rings. The van der Waals surface area contributed by atoms with Gasteiger partial charge in [0.05, 0.1) is 0 Å². The van der Waals surface area contributed by atoms with Gasteiger partial charge in [-0.1, -0.05) is 30.3 Å². The topological polar surface area (TPSA) is 26.3 Å². The quantitative estimate of drug-likeness (QED) is 0.655. The van der Waals surface area contributed by atoms with Crippen LogP contribution in [0.3, 0.4) is 0 Å². The molecule has 0 unspecified atom stereocenters. The average molecular weight is 175 g/mol. The van der Waals surface area contributed by atoms with Gasteiger partial charge in [0.2, 0.25) is 0 Å². The molecule has 13 heavy (non-hydrogen) atoms. The van der Waals surface area contributed by atoms with E-state index in [1.165, 1.54) is 12.0 Å². The Morgan fingerprint density at radius 1 is 1.46 bits per heavy atom. The van der Waals surface area contributed by atoms with Gasteiger partial charge in [-0.15, -0.1) is 0 Å². The zero-order chi connectivity index (χ0) is 9.52. The largest absolute Gasteiger partial charge is 0.453 e. The van der Waals surface area contributed by atoms with Crippen LogP contribution in [0, 0.1) is 6.92 Å². The van der Waals surface area contributed by atoms with Gasteiger partial charge in [-0.05, 0) is 24.1 Å². The molecule has 1 aromatic carbocycles. The Morgan fingerprint density at radius 3 is 2.92 bits per heavy atom. The van der Waals surface area contributed by atoms with Crippen LogP contribution in [-0.2, 0) is 9.53 Å². The molecule has 67 valence electrons. The van der Waals surface area contributed by atoms with Crippen LogP contribution in [-0.4, -0.2) is 13.1 Å². The molecule has 0 aromatic heterocycles. The second kappa shape index (κ2) is 5.14. The van der Waals surface area contributed by atoms with E-state index in [0.29, 0.717) is 0 Å². The summed E-state index contributed by atoms with van der Waals surface area (Å²) in [7, 11) is 0. The summed E-state index contributed by atoms with van der Waals surface area (Å²) in [6.07, 6.45) is 3.71.